The Labute approximate surface area is 180 Å². The molecule has 0 saturated carbocycles. The quantitative estimate of drug-likeness (QED) is 0.666. The number of carbonyl (C=O) groups excluding carboxylic acids is 2. The lowest BCUT2D eigenvalue weighted by Crippen LogP contribution is -2.45. The molecule has 0 bridgehead atoms. The van der Waals surface area contributed by atoms with Gasteiger partial charge in [-0.05, 0) is 38.4 Å². The molecule has 1 aliphatic heterocycles. The Morgan fingerprint density at radius 2 is 2.13 bits per heavy atom. The Balaban J connectivity index is 1.59. The molecule has 1 atom stereocenters. The minimum atomic E-state index is -0.130. The summed E-state index contributed by atoms with van der Waals surface area (Å²) in [6.07, 6.45) is 1.78. The van der Waals surface area contributed by atoms with Crippen LogP contribution in [0.25, 0.3) is 11.3 Å². The molecule has 0 radical (unpaired) electrons. The third-order valence-corrected chi connectivity index (χ3v) is 5.79. The van der Waals surface area contributed by atoms with Gasteiger partial charge in [0.25, 0.3) is 0 Å². The van der Waals surface area contributed by atoms with Gasteiger partial charge in [0.05, 0.1) is 32.4 Å². The van der Waals surface area contributed by atoms with Crippen LogP contribution in [0.3, 0.4) is 0 Å². The number of methoxy groups -OCH3 is 2. The second-order valence-corrected chi connectivity index (χ2v) is 7.98. The van der Waals surface area contributed by atoms with Crippen molar-refractivity contribution in [2.24, 2.45) is 5.92 Å². The number of anilines is 1. The zero-order chi connectivity index (χ0) is 21.5. The van der Waals surface area contributed by atoms with E-state index in [1.807, 2.05) is 29.3 Å². The van der Waals surface area contributed by atoms with Crippen molar-refractivity contribution in [1.82, 2.24) is 15.2 Å². The van der Waals surface area contributed by atoms with Gasteiger partial charge in [-0.25, -0.2) is 4.98 Å². The van der Waals surface area contributed by atoms with E-state index in [-0.39, 0.29) is 24.3 Å². The fourth-order valence-corrected chi connectivity index (χ4v) is 4.29. The lowest BCUT2D eigenvalue weighted by atomic mass is 9.97. The minimum Gasteiger partial charge on any atom is -0.497 e. The number of hydrogen-bond donors (Lipinski definition) is 2. The van der Waals surface area contributed by atoms with Crippen LogP contribution in [0.1, 0.15) is 19.8 Å². The first-order valence-electron chi connectivity index (χ1n) is 10.0. The van der Waals surface area contributed by atoms with Crippen molar-refractivity contribution in [2.45, 2.75) is 19.8 Å². The van der Waals surface area contributed by atoms with Gasteiger partial charge in [0.2, 0.25) is 11.8 Å². The number of nitrogens with zero attached hydrogens (tertiary/aromatic N) is 2. The molecule has 1 fully saturated rings. The topological polar surface area (TPSA) is 92.8 Å². The molecular weight excluding hydrogens is 404 g/mol. The number of hydrogen-bond acceptors (Lipinski definition) is 7. The van der Waals surface area contributed by atoms with E-state index >= 15 is 0 Å². The van der Waals surface area contributed by atoms with E-state index in [1.54, 1.807) is 20.3 Å². The Kier molecular flexibility index (Phi) is 7.64. The summed E-state index contributed by atoms with van der Waals surface area (Å²) >= 11 is 1.36. The molecule has 1 aromatic carbocycles. The predicted molar refractivity (Wildman–Crippen MR) is 117 cm³/mol. The van der Waals surface area contributed by atoms with Crippen LogP contribution in [-0.4, -0.2) is 62.1 Å². The smallest absolute Gasteiger partial charge is 0.240 e. The SMILES string of the molecule is CCNC(=O)C1CCCN(CC(=O)Nc2nc(-c3ccc(OC)cc3OC)cs2)C1. The predicted octanol–water partition coefficient (Wildman–Crippen LogP) is 2.61. The first kappa shape index (κ1) is 22.0. The van der Waals surface area contributed by atoms with Crippen LogP contribution in [-0.2, 0) is 9.59 Å². The van der Waals surface area contributed by atoms with Crippen LogP contribution >= 0.6 is 11.3 Å². The van der Waals surface area contributed by atoms with Gasteiger partial charge in [-0.15, -0.1) is 11.3 Å². The fraction of sp³-hybridized carbons (Fsp3) is 0.476. The summed E-state index contributed by atoms with van der Waals surface area (Å²) in [5, 5.41) is 8.15. The molecule has 1 unspecified atom stereocenters. The Bertz CT molecular complexity index is 886. The van der Waals surface area contributed by atoms with Gasteiger partial charge >= 0.3 is 0 Å². The van der Waals surface area contributed by atoms with Crippen LogP contribution < -0.4 is 20.1 Å². The number of ether oxygens (including phenoxy) is 2. The maximum atomic E-state index is 12.5. The molecule has 0 spiro atoms. The number of carbonyl (C=O) groups is 2. The molecule has 1 aliphatic rings. The highest BCUT2D eigenvalue weighted by atomic mass is 32.1. The monoisotopic (exact) mass is 432 g/mol. The first-order chi connectivity index (χ1) is 14.5. The number of rotatable bonds is 8. The van der Waals surface area contributed by atoms with E-state index < -0.39 is 0 Å². The van der Waals surface area contributed by atoms with Crippen LogP contribution in [0.15, 0.2) is 23.6 Å². The lowest BCUT2D eigenvalue weighted by molar-refractivity contribution is -0.127. The molecule has 2 amide bonds. The van der Waals surface area contributed by atoms with E-state index in [1.165, 1.54) is 11.3 Å². The number of benzene rings is 1. The van der Waals surface area contributed by atoms with Crippen molar-refractivity contribution >= 4 is 28.3 Å². The molecule has 9 heteroatoms. The number of piperidine rings is 1. The van der Waals surface area contributed by atoms with Crippen LogP contribution in [0.5, 0.6) is 11.5 Å². The average Bonchev–Trinajstić information content (AvgIpc) is 3.21. The zero-order valence-corrected chi connectivity index (χ0v) is 18.4. The Hall–Kier alpha value is -2.65. The molecule has 8 nitrogen and oxygen atoms in total. The van der Waals surface area contributed by atoms with Crippen molar-refractivity contribution in [3.63, 3.8) is 0 Å². The summed E-state index contributed by atoms with van der Waals surface area (Å²) in [5.41, 5.74) is 1.56. The second-order valence-electron chi connectivity index (χ2n) is 7.12. The van der Waals surface area contributed by atoms with E-state index in [4.69, 9.17) is 9.47 Å². The van der Waals surface area contributed by atoms with Crippen molar-refractivity contribution in [3.8, 4) is 22.8 Å². The first-order valence-corrected chi connectivity index (χ1v) is 10.9. The molecule has 2 N–H and O–H groups in total. The molecule has 3 rings (SSSR count). The summed E-state index contributed by atoms with van der Waals surface area (Å²) < 4.78 is 10.7. The Morgan fingerprint density at radius 1 is 1.30 bits per heavy atom. The number of amides is 2. The minimum absolute atomic E-state index is 0.0551. The van der Waals surface area contributed by atoms with Gasteiger partial charge in [0, 0.05) is 30.1 Å². The normalized spacial score (nSPS) is 16.7. The molecular formula is C21H28N4O4S. The van der Waals surface area contributed by atoms with Crippen LogP contribution in [0, 0.1) is 5.92 Å². The van der Waals surface area contributed by atoms with Crippen LogP contribution in [0.4, 0.5) is 5.13 Å². The number of nitrogens with one attached hydrogen (secondary N) is 2. The largest absolute Gasteiger partial charge is 0.497 e. The van der Waals surface area contributed by atoms with Gasteiger partial charge in [-0.2, -0.15) is 0 Å². The van der Waals surface area contributed by atoms with Gasteiger partial charge in [0.15, 0.2) is 5.13 Å². The standard InChI is InChI=1S/C21H28N4O4S/c1-4-22-20(27)14-6-5-9-25(11-14)12-19(26)24-21-23-17(13-30-21)16-8-7-15(28-2)10-18(16)29-3/h7-8,10,13-14H,4-6,9,11-12H2,1-3H3,(H,22,27)(H,23,24,26). The highest BCUT2D eigenvalue weighted by Gasteiger charge is 2.26. The Morgan fingerprint density at radius 3 is 2.87 bits per heavy atom. The van der Waals surface area contributed by atoms with Gasteiger partial charge < -0.3 is 20.1 Å². The summed E-state index contributed by atoms with van der Waals surface area (Å²) in [7, 11) is 3.20. The van der Waals surface area contributed by atoms with Gasteiger partial charge in [0.1, 0.15) is 11.5 Å². The molecule has 162 valence electrons. The van der Waals surface area contributed by atoms with Gasteiger partial charge in [-0.1, -0.05) is 0 Å². The van der Waals surface area contributed by atoms with E-state index in [0.717, 1.165) is 30.6 Å². The van der Waals surface area contributed by atoms with Gasteiger partial charge in [-0.3, -0.25) is 14.5 Å². The average molecular weight is 433 g/mol. The molecule has 2 aromatic rings. The number of aromatic nitrogens is 1. The summed E-state index contributed by atoms with van der Waals surface area (Å²) in [4.78, 5) is 31.1. The third-order valence-electron chi connectivity index (χ3n) is 5.03. The number of likely N-dealkylation sites (tertiary alicyclic amines) is 1. The summed E-state index contributed by atoms with van der Waals surface area (Å²) in [6, 6.07) is 5.53. The van der Waals surface area contributed by atoms with Crippen LogP contribution in [0.2, 0.25) is 0 Å². The zero-order valence-electron chi connectivity index (χ0n) is 17.6. The summed E-state index contributed by atoms with van der Waals surface area (Å²) in [6.45, 7) is 4.20. The van der Waals surface area contributed by atoms with E-state index in [9.17, 15) is 9.59 Å². The van der Waals surface area contributed by atoms with Crippen molar-refractivity contribution in [1.29, 1.82) is 0 Å². The highest BCUT2D eigenvalue weighted by Crippen LogP contribution is 2.34. The van der Waals surface area contributed by atoms with Crippen molar-refractivity contribution < 1.29 is 19.1 Å². The third kappa shape index (κ3) is 5.48. The van der Waals surface area contributed by atoms with Crippen molar-refractivity contribution in [2.75, 3.05) is 45.7 Å². The van der Waals surface area contributed by atoms with Crippen molar-refractivity contribution in [3.05, 3.63) is 23.6 Å². The molecule has 0 aliphatic carbocycles. The summed E-state index contributed by atoms with van der Waals surface area (Å²) in [5.74, 6) is 1.24. The maximum Gasteiger partial charge on any atom is 0.240 e. The molecule has 2 heterocycles. The van der Waals surface area contributed by atoms with E-state index in [2.05, 4.69) is 15.6 Å². The highest BCUT2D eigenvalue weighted by molar-refractivity contribution is 7.14. The number of thiazole rings is 1. The molecule has 1 aromatic heterocycles. The molecule has 1 saturated heterocycles. The second kappa shape index (κ2) is 10.4. The lowest BCUT2D eigenvalue weighted by Gasteiger charge is -2.31. The van der Waals surface area contributed by atoms with E-state index in [0.29, 0.717) is 29.7 Å². The fourth-order valence-electron chi connectivity index (χ4n) is 3.56. The maximum absolute atomic E-state index is 12.5. The molecule has 30 heavy (non-hydrogen) atoms.